The molecule has 0 rings (SSSR count). The lowest BCUT2D eigenvalue weighted by Crippen LogP contribution is -2.28. The first kappa shape index (κ1) is 14.9. The number of rotatable bonds is 8. The van der Waals surface area contributed by atoms with Crippen LogP contribution in [-0.4, -0.2) is 33.0 Å². The van der Waals surface area contributed by atoms with Crippen molar-refractivity contribution in [3.05, 3.63) is 0 Å². The predicted octanol–water partition coefficient (Wildman–Crippen LogP) is 1.69. The van der Waals surface area contributed by atoms with Crippen molar-refractivity contribution in [3.63, 3.8) is 0 Å². The predicted molar refractivity (Wildman–Crippen MR) is 65.8 cm³/mol. The monoisotopic (exact) mass is 235 g/mol. The van der Waals surface area contributed by atoms with E-state index in [2.05, 4.69) is 26.1 Å². The summed E-state index contributed by atoms with van der Waals surface area (Å²) in [5, 5.41) is 3.29. The van der Waals surface area contributed by atoms with E-state index in [-0.39, 0.29) is 5.75 Å². The van der Waals surface area contributed by atoms with Crippen LogP contribution in [0, 0.1) is 11.8 Å². The molecule has 0 saturated carbocycles. The standard InChI is InChI=1S/C11H25NO2S/c1-5-12-9-11(10(3)4)7-8-15(13,14)6-2/h10-12H,5-9H2,1-4H3. The van der Waals surface area contributed by atoms with E-state index in [9.17, 15) is 8.42 Å². The Morgan fingerprint density at radius 1 is 1.20 bits per heavy atom. The zero-order valence-corrected chi connectivity index (χ0v) is 11.2. The third kappa shape index (κ3) is 6.90. The Hall–Kier alpha value is -0.0900. The van der Waals surface area contributed by atoms with E-state index in [0.717, 1.165) is 19.5 Å². The van der Waals surface area contributed by atoms with Gasteiger partial charge in [-0.2, -0.15) is 0 Å². The number of sulfone groups is 1. The zero-order chi connectivity index (χ0) is 11.9. The van der Waals surface area contributed by atoms with Gasteiger partial charge in [0, 0.05) is 5.75 Å². The van der Waals surface area contributed by atoms with Gasteiger partial charge < -0.3 is 5.32 Å². The maximum atomic E-state index is 11.4. The molecule has 0 aliphatic heterocycles. The van der Waals surface area contributed by atoms with E-state index in [1.807, 2.05) is 0 Å². The molecule has 0 amide bonds. The molecule has 0 saturated heterocycles. The van der Waals surface area contributed by atoms with Crippen molar-refractivity contribution in [2.75, 3.05) is 24.6 Å². The van der Waals surface area contributed by atoms with E-state index in [1.54, 1.807) is 6.92 Å². The topological polar surface area (TPSA) is 46.2 Å². The van der Waals surface area contributed by atoms with Crippen molar-refractivity contribution in [1.29, 1.82) is 0 Å². The van der Waals surface area contributed by atoms with Gasteiger partial charge in [0.2, 0.25) is 0 Å². The molecule has 1 unspecified atom stereocenters. The fourth-order valence-corrected chi connectivity index (χ4v) is 2.43. The molecule has 3 nitrogen and oxygen atoms in total. The Kier molecular flexibility index (Phi) is 7.18. The van der Waals surface area contributed by atoms with Crippen LogP contribution in [0.2, 0.25) is 0 Å². The quantitative estimate of drug-likeness (QED) is 0.696. The minimum atomic E-state index is -2.80. The minimum absolute atomic E-state index is 0.263. The summed E-state index contributed by atoms with van der Waals surface area (Å²) in [4.78, 5) is 0. The van der Waals surface area contributed by atoms with Gasteiger partial charge in [0.1, 0.15) is 9.84 Å². The van der Waals surface area contributed by atoms with Crippen molar-refractivity contribution < 1.29 is 8.42 Å². The maximum absolute atomic E-state index is 11.4. The molecular formula is C11H25NO2S. The van der Waals surface area contributed by atoms with Gasteiger partial charge in [-0.3, -0.25) is 0 Å². The average molecular weight is 235 g/mol. The third-order valence-electron chi connectivity index (χ3n) is 2.84. The van der Waals surface area contributed by atoms with Crippen LogP contribution in [0.4, 0.5) is 0 Å². The van der Waals surface area contributed by atoms with Gasteiger partial charge in [-0.15, -0.1) is 0 Å². The molecule has 0 aliphatic rings. The molecule has 0 spiro atoms. The van der Waals surface area contributed by atoms with E-state index in [4.69, 9.17) is 0 Å². The van der Waals surface area contributed by atoms with Crippen molar-refractivity contribution in [2.24, 2.45) is 11.8 Å². The second-order valence-corrected chi connectivity index (χ2v) is 6.81. The first-order valence-corrected chi connectivity index (χ1v) is 7.66. The molecular weight excluding hydrogens is 210 g/mol. The number of hydrogen-bond donors (Lipinski definition) is 1. The molecule has 4 heteroatoms. The van der Waals surface area contributed by atoms with Crippen LogP contribution in [0.1, 0.15) is 34.1 Å². The second kappa shape index (κ2) is 7.23. The maximum Gasteiger partial charge on any atom is 0.150 e. The van der Waals surface area contributed by atoms with Crippen LogP contribution in [0.3, 0.4) is 0 Å². The summed E-state index contributed by atoms with van der Waals surface area (Å²) >= 11 is 0. The van der Waals surface area contributed by atoms with Gasteiger partial charge in [-0.1, -0.05) is 27.7 Å². The number of hydrogen-bond acceptors (Lipinski definition) is 3. The van der Waals surface area contributed by atoms with Crippen molar-refractivity contribution in [1.82, 2.24) is 5.32 Å². The van der Waals surface area contributed by atoms with Gasteiger partial charge in [0.25, 0.3) is 0 Å². The highest BCUT2D eigenvalue weighted by atomic mass is 32.2. The van der Waals surface area contributed by atoms with Gasteiger partial charge in [0.05, 0.1) is 5.75 Å². The normalized spacial score (nSPS) is 14.5. The molecule has 0 bridgehead atoms. The molecule has 0 aromatic heterocycles. The summed E-state index contributed by atoms with van der Waals surface area (Å²) in [6.07, 6.45) is 0.779. The number of nitrogens with one attached hydrogen (secondary N) is 1. The summed E-state index contributed by atoms with van der Waals surface area (Å²) in [5.74, 6) is 1.60. The van der Waals surface area contributed by atoms with E-state index in [1.165, 1.54) is 0 Å². The molecule has 1 N–H and O–H groups in total. The lowest BCUT2D eigenvalue weighted by Gasteiger charge is -2.20. The zero-order valence-electron chi connectivity index (χ0n) is 10.4. The average Bonchev–Trinajstić information content (AvgIpc) is 2.17. The van der Waals surface area contributed by atoms with Crippen molar-refractivity contribution in [2.45, 2.75) is 34.1 Å². The highest BCUT2D eigenvalue weighted by molar-refractivity contribution is 7.91. The Morgan fingerprint density at radius 2 is 1.80 bits per heavy atom. The van der Waals surface area contributed by atoms with Crippen LogP contribution in [-0.2, 0) is 9.84 Å². The largest absolute Gasteiger partial charge is 0.317 e. The van der Waals surface area contributed by atoms with Crippen LogP contribution in [0.25, 0.3) is 0 Å². The molecule has 1 atom stereocenters. The Labute approximate surface area is 94.6 Å². The van der Waals surface area contributed by atoms with Crippen LogP contribution >= 0.6 is 0 Å². The molecule has 0 aromatic carbocycles. The molecule has 0 aromatic rings. The first-order valence-electron chi connectivity index (χ1n) is 5.84. The smallest absolute Gasteiger partial charge is 0.150 e. The molecule has 0 heterocycles. The lowest BCUT2D eigenvalue weighted by molar-refractivity contribution is 0.356. The molecule has 15 heavy (non-hydrogen) atoms. The van der Waals surface area contributed by atoms with Crippen LogP contribution < -0.4 is 5.32 Å². The molecule has 92 valence electrons. The van der Waals surface area contributed by atoms with Crippen LogP contribution in [0.5, 0.6) is 0 Å². The molecule has 0 radical (unpaired) electrons. The van der Waals surface area contributed by atoms with Crippen molar-refractivity contribution in [3.8, 4) is 0 Å². The Morgan fingerprint density at radius 3 is 2.20 bits per heavy atom. The summed E-state index contributed by atoms with van der Waals surface area (Å²) in [5.41, 5.74) is 0. The van der Waals surface area contributed by atoms with E-state index in [0.29, 0.717) is 17.6 Å². The summed E-state index contributed by atoms with van der Waals surface area (Å²) in [6, 6.07) is 0. The summed E-state index contributed by atoms with van der Waals surface area (Å²) in [7, 11) is -2.80. The summed E-state index contributed by atoms with van der Waals surface area (Å²) < 4.78 is 22.8. The fourth-order valence-electron chi connectivity index (χ4n) is 1.48. The Bertz CT molecular complexity index is 247. The van der Waals surface area contributed by atoms with E-state index < -0.39 is 9.84 Å². The highest BCUT2D eigenvalue weighted by Crippen LogP contribution is 2.15. The van der Waals surface area contributed by atoms with Crippen LogP contribution in [0.15, 0.2) is 0 Å². The lowest BCUT2D eigenvalue weighted by atomic mass is 9.93. The Balaban J connectivity index is 4.07. The fraction of sp³-hybridized carbons (Fsp3) is 1.00. The van der Waals surface area contributed by atoms with Gasteiger partial charge in [-0.25, -0.2) is 8.42 Å². The SMILES string of the molecule is CCNCC(CCS(=O)(=O)CC)C(C)C. The van der Waals surface area contributed by atoms with Gasteiger partial charge >= 0.3 is 0 Å². The minimum Gasteiger partial charge on any atom is -0.317 e. The van der Waals surface area contributed by atoms with Gasteiger partial charge in [0.15, 0.2) is 0 Å². The molecule has 0 aliphatic carbocycles. The van der Waals surface area contributed by atoms with Crippen molar-refractivity contribution >= 4 is 9.84 Å². The highest BCUT2D eigenvalue weighted by Gasteiger charge is 2.16. The first-order chi connectivity index (χ1) is 6.93. The third-order valence-corrected chi connectivity index (χ3v) is 4.58. The van der Waals surface area contributed by atoms with Gasteiger partial charge in [-0.05, 0) is 31.3 Å². The van der Waals surface area contributed by atoms with E-state index >= 15 is 0 Å². The summed E-state index contributed by atoms with van der Waals surface area (Å²) in [6.45, 7) is 9.96. The second-order valence-electron chi connectivity index (χ2n) is 4.34. The molecule has 0 fully saturated rings.